The van der Waals surface area contributed by atoms with E-state index in [0.717, 1.165) is 12.5 Å². The molecule has 58 valence electrons. The van der Waals surface area contributed by atoms with Crippen molar-refractivity contribution in [1.82, 2.24) is 0 Å². The van der Waals surface area contributed by atoms with E-state index < -0.39 is 9.28 Å². The van der Waals surface area contributed by atoms with Crippen LogP contribution in [0, 0.1) is 11.3 Å². The van der Waals surface area contributed by atoms with Crippen LogP contribution in [0.25, 0.3) is 0 Å². The minimum atomic E-state index is -1.37. The highest BCUT2D eigenvalue weighted by atomic mass is 28.3. The largest absolute Gasteiger partial charge is 0.400 e. The van der Waals surface area contributed by atoms with Crippen LogP contribution in [0.15, 0.2) is 0 Å². The van der Waals surface area contributed by atoms with Gasteiger partial charge in [0.15, 0.2) is 0 Å². The molecular weight excluding hydrogens is 146 g/mol. The topological polar surface area (TPSA) is 42.2 Å². The van der Waals surface area contributed by atoms with Crippen molar-refractivity contribution in [3.8, 4) is 6.07 Å². The van der Waals surface area contributed by atoms with Crippen LogP contribution in [0.3, 0.4) is 0 Å². The van der Waals surface area contributed by atoms with Crippen LogP contribution in [-0.2, 0) is 8.85 Å². The van der Waals surface area contributed by atoms with E-state index in [9.17, 15) is 0 Å². The molecule has 0 amide bonds. The van der Waals surface area contributed by atoms with E-state index in [-0.39, 0.29) is 0 Å². The van der Waals surface area contributed by atoms with Gasteiger partial charge in [-0.3, -0.25) is 0 Å². The third kappa shape index (κ3) is 4.50. The molecule has 0 saturated heterocycles. The third-order valence-corrected chi connectivity index (χ3v) is 3.19. The maximum absolute atomic E-state index is 8.21. The molecule has 0 radical (unpaired) electrons. The quantitative estimate of drug-likeness (QED) is 0.440. The van der Waals surface area contributed by atoms with Gasteiger partial charge in [0.25, 0.3) is 0 Å². The molecule has 0 aliphatic carbocycles. The van der Waals surface area contributed by atoms with Gasteiger partial charge in [-0.05, 0) is 12.5 Å². The molecule has 0 aromatic rings. The normalized spacial score (nSPS) is 9.80. The molecular formula is C6H13NO2Si. The number of nitriles is 1. The van der Waals surface area contributed by atoms with Gasteiger partial charge in [-0.2, -0.15) is 5.26 Å². The highest BCUT2D eigenvalue weighted by Crippen LogP contribution is 2.01. The van der Waals surface area contributed by atoms with E-state index in [4.69, 9.17) is 14.1 Å². The summed E-state index contributed by atoms with van der Waals surface area (Å²) < 4.78 is 10.1. The fourth-order valence-corrected chi connectivity index (χ4v) is 1.88. The molecule has 0 fully saturated rings. The van der Waals surface area contributed by atoms with E-state index in [1.165, 1.54) is 0 Å². The van der Waals surface area contributed by atoms with Gasteiger partial charge in [-0.1, -0.05) is 0 Å². The highest BCUT2D eigenvalue weighted by molar-refractivity contribution is 6.44. The Hall–Kier alpha value is -0.373. The predicted molar refractivity (Wildman–Crippen MR) is 40.8 cm³/mol. The Bertz CT molecular complexity index is 109. The van der Waals surface area contributed by atoms with Gasteiger partial charge in [-0.25, -0.2) is 0 Å². The molecule has 10 heavy (non-hydrogen) atoms. The molecule has 0 aliphatic heterocycles. The zero-order valence-electron chi connectivity index (χ0n) is 6.46. The van der Waals surface area contributed by atoms with E-state index in [1.54, 1.807) is 14.2 Å². The lowest BCUT2D eigenvalue weighted by molar-refractivity contribution is 0.277. The summed E-state index contributed by atoms with van der Waals surface area (Å²) in [6, 6.07) is 3.01. The standard InChI is InChI=1S/C6H13NO2Si/c1-8-10(9-2)6-4-3-5-7/h10H,3-4,6H2,1-2H3. The lowest BCUT2D eigenvalue weighted by atomic mass is 10.4. The van der Waals surface area contributed by atoms with Gasteiger partial charge in [0.05, 0.1) is 6.07 Å². The maximum atomic E-state index is 8.21. The SMILES string of the molecule is CO[SiH](CCCC#N)OC. The number of rotatable bonds is 5. The Balaban J connectivity index is 3.19. The summed E-state index contributed by atoms with van der Waals surface area (Å²) in [5.41, 5.74) is 0. The first-order valence-electron chi connectivity index (χ1n) is 3.27. The van der Waals surface area contributed by atoms with Crippen LogP contribution < -0.4 is 0 Å². The molecule has 3 nitrogen and oxygen atoms in total. The average Bonchev–Trinajstić information content (AvgIpc) is 1.99. The summed E-state index contributed by atoms with van der Waals surface area (Å²) in [4.78, 5) is 0. The van der Waals surface area contributed by atoms with Crippen molar-refractivity contribution in [3.63, 3.8) is 0 Å². The second-order valence-corrected chi connectivity index (χ2v) is 4.33. The predicted octanol–water partition coefficient (Wildman–Crippen LogP) is 0.803. The van der Waals surface area contributed by atoms with Crippen molar-refractivity contribution in [1.29, 1.82) is 5.26 Å². The fraction of sp³-hybridized carbons (Fsp3) is 0.833. The molecule has 4 heteroatoms. The van der Waals surface area contributed by atoms with Crippen molar-refractivity contribution in [3.05, 3.63) is 0 Å². The van der Waals surface area contributed by atoms with Crippen molar-refractivity contribution < 1.29 is 8.85 Å². The van der Waals surface area contributed by atoms with E-state index >= 15 is 0 Å². The van der Waals surface area contributed by atoms with Gasteiger partial charge < -0.3 is 8.85 Å². The summed E-state index contributed by atoms with van der Waals surface area (Å²) in [7, 11) is 1.94. The minimum absolute atomic E-state index is 0.607. The van der Waals surface area contributed by atoms with Crippen molar-refractivity contribution in [2.75, 3.05) is 14.2 Å². The number of nitrogens with zero attached hydrogens (tertiary/aromatic N) is 1. The summed E-state index contributed by atoms with van der Waals surface area (Å²) in [6.45, 7) is 0. The Morgan fingerprint density at radius 3 is 2.40 bits per heavy atom. The lowest BCUT2D eigenvalue weighted by Crippen LogP contribution is -2.18. The van der Waals surface area contributed by atoms with Crippen molar-refractivity contribution >= 4 is 9.28 Å². The fourth-order valence-electron chi connectivity index (χ4n) is 0.680. The van der Waals surface area contributed by atoms with E-state index in [2.05, 4.69) is 6.07 Å². The average molecular weight is 159 g/mol. The first-order chi connectivity index (χ1) is 4.85. The second kappa shape index (κ2) is 6.74. The first kappa shape index (κ1) is 9.63. The molecule has 0 saturated carbocycles. The monoisotopic (exact) mass is 159 g/mol. The third-order valence-electron chi connectivity index (χ3n) is 1.25. The molecule has 0 unspecified atom stereocenters. The van der Waals surface area contributed by atoms with Gasteiger partial charge in [-0.15, -0.1) is 0 Å². The molecule has 0 N–H and O–H groups in total. The lowest BCUT2D eigenvalue weighted by Gasteiger charge is -2.08. The van der Waals surface area contributed by atoms with E-state index in [1.807, 2.05) is 0 Å². The molecule has 0 atom stereocenters. The van der Waals surface area contributed by atoms with Crippen LogP contribution in [-0.4, -0.2) is 23.5 Å². The first-order valence-corrected chi connectivity index (χ1v) is 5.03. The van der Waals surface area contributed by atoms with Crippen LogP contribution in [0.5, 0.6) is 0 Å². The Morgan fingerprint density at radius 2 is 2.00 bits per heavy atom. The Morgan fingerprint density at radius 1 is 1.40 bits per heavy atom. The maximum Gasteiger partial charge on any atom is 0.320 e. The molecule has 0 spiro atoms. The van der Waals surface area contributed by atoms with Crippen LogP contribution in [0.4, 0.5) is 0 Å². The second-order valence-electron chi connectivity index (χ2n) is 1.95. The van der Waals surface area contributed by atoms with Crippen molar-refractivity contribution in [2.24, 2.45) is 0 Å². The molecule has 0 aromatic carbocycles. The van der Waals surface area contributed by atoms with Gasteiger partial charge in [0.1, 0.15) is 0 Å². The highest BCUT2D eigenvalue weighted by Gasteiger charge is 2.07. The van der Waals surface area contributed by atoms with Gasteiger partial charge >= 0.3 is 9.28 Å². The smallest absolute Gasteiger partial charge is 0.320 e. The number of hydrogen-bond acceptors (Lipinski definition) is 3. The molecule has 0 aromatic heterocycles. The van der Waals surface area contributed by atoms with E-state index in [0.29, 0.717) is 6.42 Å². The number of unbranched alkanes of at least 4 members (excludes halogenated alkanes) is 1. The summed E-state index contributed by atoms with van der Waals surface area (Å²) in [6.07, 6.45) is 1.51. The summed E-state index contributed by atoms with van der Waals surface area (Å²) in [5.74, 6) is 0. The van der Waals surface area contributed by atoms with Crippen LogP contribution in [0.2, 0.25) is 6.04 Å². The van der Waals surface area contributed by atoms with Crippen molar-refractivity contribution in [2.45, 2.75) is 18.9 Å². The Kier molecular flexibility index (Phi) is 6.49. The summed E-state index contributed by atoms with van der Waals surface area (Å²) >= 11 is 0. The molecule has 0 heterocycles. The molecule has 0 bridgehead atoms. The molecule has 0 rings (SSSR count). The Labute approximate surface area is 63.4 Å². The van der Waals surface area contributed by atoms with Gasteiger partial charge in [0.2, 0.25) is 0 Å². The minimum Gasteiger partial charge on any atom is -0.400 e. The zero-order valence-corrected chi connectivity index (χ0v) is 7.62. The summed E-state index contributed by atoms with van der Waals surface area (Å²) in [5, 5.41) is 8.21. The van der Waals surface area contributed by atoms with Gasteiger partial charge in [0, 0.05) is 20.6 Å². The number of hydrogen-bond donors (Lipinski definition) is 0. The zero-order chi connectivity index (χ0) is 7.82. The van der Waals surface area contributed by atoms with Crippen LogP contribution in [0.1, 0.15) is 12.8 Å². The van der Waals surface area contributed by atoms with Crippen LogP contribution >= 0.6 is 0 Å². The molecule has 0 aliphatic rings.